The van der Waals surface area contributed by atoms with Gasteiger partial charge in [-0.15, -0.1) is 11.3 Å². The number of ketones is 1. The van der Waals surface area contributed by atoms with Crippen LogP contribution in [0.25, 0.3) is 0 Å². The van der Waals surface area contributed by atoms with Gasteiger partial charge in [0.1, 0.15) is 0 Å². The van der Waals surface area contributed by atoms with Gasteiger partial charge in [-0.3, -0.25) is 9.59 Å². The third-order valence-electron chi connectivity index (χ3n) is 6.59. The lowest BCUT2D eigenvalue weighted by atomic mass is 9.94. The van der Waals surface area contributed by atoms with Crippen molar-refractivity contribution in [2.24, 2.45) is 0 Å². The number of methoxy groups -OCH3 is 1. The van der Waals surface area contributed by atoms with Crippen LogP contribution in [0.2, 0.25) is 0 Å². The highest BCUT2D eigenvalue weighted by atomic mass is 32.1. The molecule has 1 amide bonds. The summed E-state index contributed by atoms with van der Waals surface area (Å²) in [5.41, 5.74) is 1.30. The Morgan fingerprint density at radius 2 is 2.08 bits per heavy atom. The number of thiazole rings is 1. The fourth-order valence-corrected chi connectivity index (χ4v) is 5.67. The molecule has 1 saturated heterocycles. The fraction of sp³-hybridized carbons (Fsp3) is 0.519. The first kappa shape index (κ1) is 26.2. The van der Waals surface area contributed by atoms with Crippen molar-refractivity contribution in [3.8, 4) is 11.5 Å². The monoisotopic (exact) mass is 514 g/mol. The molecule has 8 nitrogen and oxygen atoms in total. The van der Waals surface area contributed by atoms with Crippen molar-refractivity contribution in [2.75, 3.05) is 26.9 Å². The summed E-state index contributed by atoms with van der Waals surface area (Å²) in [6, 6.07) is 4.63. The Morgan fingerprint density at radius 3 is 2.72 bits per heavy atom. The Bertz CT molecular complexity index is 1150. The van der Waals surface area contributed by atoms with E-state index in [-0.39, 0.29) is 24.0 Å². The average Bonchev–Trinajstić information content (AvgIpc) is 3.56. The van der Waals surface area contributed by atoms with E-state index in [1.807, 2.05) is 13.0 Å². The van der Waals surface area contributed by atoms with E-state index in [1.165, 1.54) is 11.3 Å². The maximum atomic E-state index is 13.7. The van der Waals surface area contributed by atoms with Crippen LogP contribution in [0.4, 0.5) is 0 Å². The minimum absolute atomic E-state index is 0.0587. The number of carbonyl (C=O) groups is 2. The molecule has 3 heterocycles. The number of ether oxygens (including phenoxy) is 3. The number of aliphatic hydroxyl groups is 1. The first-order valence-electron chi connectivity index (χ1n) is 12.5. The minimum Gasteiger partial charge on any atom is -0.503 e. The van der Waals surface area contributed by atoms with E-state index in [2.05, 4.69) is 11.9 Å². The van der Waals surface area contributed by atoms with E-state index in [0.29, 0.717) is 40.8 Å². The van der Waals surface area contributed by atoms with Gasteiger partial charge in [-0.1, -0.05) is 25.8 Å². The smallest absolute Gasteiger partial charge is 0.290 e. The zero-order valence-corrected chi connectivity index (χ0v) is 22.2. The zero-order valence-electron chi connectivity index (χ0n) is 21.3. The first-order chi connectivity index (χ1) is 17.3. The number of aromatic nitrogens is 1. The fourth-order valence-electron chi connectivity index (χ4n) is 4.80. The van der Waals surface area contributed by atoms with Crippen LogP contribution in [0.15, 0.2) is 29.5 Å². The lowest BCUT2D eigenvalue weighted by molar-refractivity contribution is -0.131. The lowest BCUT2D eigenvalue weighted by Crippen LogP contribution is -2.37. The number of aliphatic hydroxyl groups excluding tert-OH is 1. The van der Waals surface area contributed by atoms with E-state index < -0.39 is 17.7 Å². The van der Waals surface area contributed by atoms with Crippen LogP contribution in [0.3, 0.4) is 0 Å². The molecule has 9 heteroatoms. The van der Waals surface area contributed by atoms with Crippen LogP contribution in [0.5, 0.6) is 11.5 Å². The highest BCUT2D eigenvalue weighted by molar-refractivity contribution is 7.14. The molecule has 0 saturated carbocycles. The van der Waals surface area contributed by atoms with Gasteiger partial charge in [-0.2, -0.15) is 0 Å². The average molecular weight is 515 g/mol. The highest BCUT2D eigenvalue weighted by Crippen LogP contribution is 2.43. The van der Waals surface area contributed by atoms with Gasteiger partial charge >= 0.3 is 0 Å². The van der Waals surface area contributed by atoms with Crippen molar-refractivity contribution in [3.05, 3.63) is 50.7 Å². The van der Waals surface area contributed by atoms with Gasteiger partial charge < -0.3 is 24.2 Å². The Hall–Kier alpha value is -2.91. The molecule has 2 aromatic rings. The number of benzene rings is 1. The molecule has 4 rings (SSSR count). The Labute approximate surface area is 215 Å². The van der Waals surface area contributed by atoms with E-state index in [9.17, 15) is 14.7 Å². The van der Waals surface area contributed by atoms with Crippen LogP contribution in [0, 0.1) is 13.8 Å². The Morgan fingerprint density at radius 1 is 1.28 bits per heavy atom. The first-order valence-corrected chi connectivity index (χ1v) is 13.3. The predicted octanol–water partition coefficient (Wildman–Crippen LogP) is 5.09. The maximum Gasteiger partial charge on any atom is 0.290 e. The SMILES string of the molecule is CCCCCOc1ccc(C2C(C(=O)c3sc(C)nc3C)=C(O)C(=O)N2CC2CCCO2)cc1OC. The van der Waals surface area contributed by atoms with Crippen molar-refractivity contribution < 1.29 is 28.9 Å². The standard InChI is InChI=1S/C27H34N2O6S/c1-5-6-7-12-35-20-11-10-18(14-21(20)33-4)23-22(24(30)26-16(2)28-17(3)36-26)25(31)27(32)29(23)15-19-9-8-13-34-19/h10-11,14,19,23,31H,5-9,12-13,15H2,1-4H3. The van der Waals surface area contributed by atoms with Crippen LogP contribution in [-0.2, 0) is 9.53 Å². The molecule has 0 radical (unpaired) electrons. The molecule has 194 valence electrons. The number of unbranched alkanes of at least 4 members (excludes halogenated alkanes) is 2. The molecule has 1 aromatic carbocycles. The van der Waals surface area contributed by atoms with Gasteiger partial charge in [-0.25, -0.2) is 4.98 Å². The van der Waals surface area contributed by atoms with E-state index >= 15 is 0 Å². The molecule has 1 aromatic heterocycles. The number of nitrogens with zero attached hydrogens (tertiary/aromatic N) is 2. The maximum absolute atomic E-state index is 13.7. The number of Topliss-reactive ketones (excluding diaryl/α,β-unsaturated/α-hetero) is 1. The van der Waals surface area contributed by atoms with Gasteiger partial charge in [0.15, 0.2) is 17.3 Å². The summed E-state index contributed by atoms with van der Waals surface area (Å²) in [4.78, 5) is 33.3. The van der Waals surface area contributed by atoms with Crippen molar-refractivity contribution in [1.29, 1.82) is 0 Å². The zero-order chi connectivity index (χ0) is 25.8. The number of aryl methyl sites for hydroxylation is 2. The van der Waals surface area contributed by atoms with E-state index in [4.69, 9.17) is 14.2 Å². The molecule has 0 bridgehead atoms. The van der Waals surface area contributed by atoms with E-state index in [1.54, 1.807) is 31.1 Å². The third kappa shape index (κ3) is 5.27. The van der Waals surface area contributed by atoms with E-state index in [0.717, 1.165) is 37.1 Å². The van der Waals surface area contributed by atoms with Gasteiger partial charge in [0.05, 0.1) is 47.0 Å². The number of hydrogen-bond acceptors (Lipinski definition) is 8. The molecule has 1 N–H and O–H groups in total. The van der Waals surface area contributed by atoms with Gasteiger partial charge in [0, 0.05) is 13.2 Å². The summed E-state index contributed by atoms with van der Waals surface area (Å²) in [7, 11) is 1.56. The van der Waals surface area contributed by atoms with Gasteiger partial charge in [-0.05, 0) is 50.8 Å². The van der Waals surface area contributed by atoms with Crippen LogP contribution in [-0.4, -0.2) is 59.7 Å². The van der Waals surface area contributed by atoms with Crippen molar-refractivity contribution >= 4 is 23.0 Å². The summed E-state index contributed by atoms with van der Waals surface area (Å²) < 4.78 is 17.3. The highest BCUT2D eigenvalue weighted by Gasteiger charge is 2.45. The normalized spacial score (nSPS) is 19.9. The van der Waals surface area contributed by atoms with Crippen LogP contribution >= 0.6 is 11.3 Å². The summed E-state index contributed by atoms with van der Waals surface area (Å²) in [5.74, 6) is -0.370. The largest absolute Gasteiger partial charge is 0.503 e. The van der Waals surface area contributed by atoms with Crippen molar-refractivity contribution in [2.45, 2.75) is 65.0 Å². The Kier molecular flexibility index (Phi) is 8.31. The number of hydrogen-bond donors (Lipinski definition) is 1. The number of rotatable bonds is 11. The molecule has 0 spiro atoms. The molecule has 0 aliphatic carbocycles. The topological polar surface area (TPSA) is 98.2 Å². The lowest BCUT2D eigenvalue weighted by Gasteiger charge is -2.29. The van der Waals surface area contributed by atoms with Crippen molar-refractivity contribution in [1.82, 2.24) is 9.88 Å². The van der Waals surface area contributed by atoms with Crippen molar-refractivity contribution in [3.63, 3.8) is 0 Å². The van der Waals surface area contributed by atoms with Gasteiger partial charge in [0.25, 0.3) is 5.91 Å². The molecule has 1 fully saturated rings. The second kappa shape index (κ2) is 11.4. The quantitative estimate of drug-likeness (QED) is 0.329. The molecule has 2 aliphatic rings. The van der Waals surface area contributed by atoms with Gasteiger partial charge in [0.2, 0.25) is 5.78 Å². The second-order valence-electron chi connectivity index (χ2n) is 9.20. The predicted molar refractivity (Wildman–Crippen MR) is 137 cm³/mol. The van der Waals surface area contributed by atoms with Crippen LogP contribution < -0.4 is 9.47 Å². The molecular weight excluding hydrogens is 480 g/mol. The number of amides is 1. The summed E-state index contributed by atoms with van der Waals surface area (Å²) in [6.07, 6.45) is 4.71. The second-order valence-corrected chi connectivity index (χ2v) is 10.4. The third-order valence-corrected chi connectivity index (χ3v) is 7.66. The minimum atomic E-state index is -0.779. The summed E-state index contributed by atoms with van der Waals surface area (Å²) in [5, 5.41) is 11.7. The van der Waals surface area contributed by atoms with Crippen LogP contribution in [0.1, 0.15) is 71.0 Å². The molecular formula is C27H34N2O6S. The summed E-state index contributed by atoms with van der Waals surface area (Å²) >= 11 is 1.26. The molecule has 2 unspecified atom stereocenters. The molecule has 2 atom stereocenters. The molecule has 36 heavy (non-hydrogen) atoms. The Balaban J connectivity index is 1.72. The summed E-state index contributed by atoms with van der Waals surface area (Å²) in [6.45, 7) is 7.22. The molecule has 2 aliphatic heterocycles. The number of carbonyl (C=O) groups excluding carboxylic acids is 2.